The number of rotatable bonds is 8. The zero-order valence-electron chi connectivity index (χ0n) is 10.7. The van der Waals surface area contributed by atoms with Gasteiger partial charge in [-0.25, -0.2) is 4.39 Å². The molecule has 0 bridgehead atoms. The van der Waals surface area contributed by atoms with Crippen molar-refractivity contribution in [2.75, 3.05) is 12.3 Å². The summed E-state index contributed by atoms with van der Waals surface area (Å²) in [5, 5.41) is 3.41. The monoisotopic (exact) mass is 255 g/mol. The first-order valence-corrected chi connectivity index (χ1v) is 7.32. The second-order valence-corrected chi connectivity index (χ2v) is 5.43. The van der Waals surface area contributed by atoms with Crippen molar-refractivity contribution in [1.82, 2.24) is 5.32 Å². The molecular formula is C14H22FNS. The molecule has 1 N–H and O–H groups in total. The van der Waals surface area contributed by atoms with E-state index in [-0.39, 0.29) is 5.82 Å². The normalized spacial score (nSPS) is 12.6. The van der Waals surface area contributed by atoms with Crippen LogP contribution in [0.2, 0.25) is 0 Å². The molecule has 1 aromatic rings. The van der Waals surface area contributed by atoms with Crippen LogP contribution in [0.5, 0.6) is 0 Å². The lowest BCUT2D eigenvalue weighted by molar-refractivity contribution is 0.510. The van der Waals surface area contributed by atoms with Crippen LogP contribution in [0.1, 0.15) is 33.1 Å². The smallest absolute Gasteiger partial charge is 0.124 e. The molecule has 1 rings (SSSR count). The molecule has 1 atom stereocenters. The lowest BCUT2D eigenvalue weighted by Gasteiger charge is -2.11. The van der Waals surface area contributed by atoms with Crippen LogP contribution >= 0.6 is 11.8 Å². The van der Waals surface area contributed by atoms with Crippen molar-refractivity contribution < 1.29 is 4.39 Å². The van der Waals surface area contributed by atoms with Crippen LogP contribution in [0.25, 0.3) is 0 Å². The van der Waals surface area contributed by atoms with Gasteiger partial charge >= 0.3 is 0 Å². The van der Waals surface area contributed by atoms with Crippen LogP contribution in [-0.2, 0) is 0 Å². The predicted molar refractivity (Wildman–Crippen MR) is 74.1 cm³/mol. The summed E-state index contributed by atoms with van der Waals surface area (Å²) >= 11 is 1.74. The molecule has 1 aromatic carbocycles. The summed E-state index contributed by atoms with van der Waals surface area (Å²) in [6, 6.07) is 7.44. The first-order chi connectivity index (χ1) is 8.22. The van der Waals surface area contributed by atoms with Gasteiger partial charge in [0.05, 0.1) is 0 Å². The summed E-state index contributed by atoms with van der Waals surface area (Å²) in [5.41, 5.74) is 0. The van der Waals surface area contributed by atoms with Crippen molar-refractivity contribution in [1.29, 1.82) is 0 Å². The molecule has 3 heteroatoms. The largest absolute Gasteiger partial charge is 0.315 e. The van der Waals surface area contributed by atoms with Gasteiger partial charge in [0, 0.05) is 10.9 Å². The van der Waals surface area contributed by atoms with E-state index in [1.54, 1.807) is 23.9 Å². The van der Waals surface area contributed by atoms with Crippen LogP contribution in [-0.4, -0.2) is 18.3 Å². The Hall–Kier alpha value is -0.540. The highest BCUT2D eigenvalue weighted by Crippen LogP contribution is 2.20. The highest BCUT2D eigenvalue weighted by Gasteiger charge is 2.00. The third-order valence-electron chi connectivity index (χ3n) is 2.65. The molecule has 0 saturated heterocycles. The number of halogens is 1. The van der Waals surface area contributed by atoms with Crippen molar-refractivity contribution in [3.8, 4) is 0 Å². The molecule has 0 aliphatic rings. The van der Waals surface area contributed by atoms with Gasteiger partial charge in [-0.05, 0) is 50.3 Å². The quantitative estimate of drug-likeness (QED) is 0.555. The third-order valence-corrected chi connectivity index (χ3v) is 3.73. The van der Waals surface area contributed by atoms with E-state index in [9.17, 15) is 4.39 Å². The minimum atomic E-state index is -0.143. The van der Waals surface area contributed by atoms with Gasteiger partial charge in [-0.1, -0.05) is 19.4 Å². The maximum atomic E-state index is 12.9. The van der Waals surface area contributed by atoms with Gasteiger partial charge in [-0.3, -0.25) is 0 Å². The van der Waals surface area contributed by atoms with Gasteiger partial charge in [0.1, 0.15) is 5.82 Å². The molecule has 0 radical (unpaired) electrons. The van der Waals surface area contributed by atoms with Crippen molar-refractivity contribution in [2.24, 2.45) is 0 Å². The van der Waals surface area contributed by atoms with Gasteiger partial charge in [-0.15, -0.1) is 11.8 Å². The summed E-state index contributed by atoms with van der Waals surface area (Å²) in [6.07, 6.45) is 3.64. The molecule has 96 valence electrons. The van der Waals surface area contributed by atoms with Gasteiger partial charge in [0.15, 0.2) is 0 Å². The zero-order valence-corrected chi connectivity index (χ0v) is 11.5. The molecule has 0 aromatic heterocycles. The van der Waals surface area contributed by atoms with E-state index in [0.29, 0.717) is 6.04 Å². The Morgan fingerprint density at radius 3 is 2.88 bits per heavy atom. The molecule has 0 saturated carbocycles. The highest BCUT2D eigenvalue weighted by atomic mass is 32.2. The molecule has 0 amide bonds. The third kappa shape index (κ3) is 6.69. The number of thioether (sulfide) groups is 1. The fourth-order valence-corrected chi connectivity index (χ4v) is 2.70. The molecule has 1 nitrogen and oxygen atoms in total. The Kier molecular flexibility index (Phi) is 7.29. The fourth-order valence-electron chi connectivity index (χ4n) is 1.75. The molecule has 1 unspecified atom stereocenters. The van der Waals surface area contributed by atoms with E-state index in [1.807, 2.05) is 6.07 Å². The van der Waals surface area contributed by atoms with E-state index in [4.69, 9.17) is 0 Å². The van der Waals surface area contributed by atoms with Crippen LogP contribution in [0.15, 0.2) is 29.2 Å². The maximum absolute atomic E-state index is 12.9. The highest BCUT2D eigenvalue weighted by molar-refractivity contribution is 7.99. The number of hydrogen-bond donors (Lipinski definition) is 1. The fraction of sp³-hybridized carbons (Fsp3) is 0.571. The zero-order chi connectivity index (χ0) is 12.5. The number of nitrogens with one attached hydrogen (secondary N) is 1. The Morgan fingerprint density at radius 2 is 2.18 bits per heavy atom. The SMILES string of the molecule is CCNC(C)CCCCSc1cccc(F)c1. The lowest BCUT2D eigenvalue weighted by atomic mass is 10.1. The first-order valence-electron chi connectivity index (χ1n) is 6.34. The van der Waals surface area contributed by atoms with E-state index >= 15 is 0 Å². The van der Waals surface area contributed by atoms with E-state index < -0.39 is 0 Å². The molecule has 0 aliphatic heterocycles. The van der Waals surface area contributed by atoms with E-state index in [2.05, 4.69) is 19.2 Å². The molecule has 0 heterocycles. The Labute approximate surface area is 108 Å². The van der Waals surface area contributed by atoms with Crippen molar-refractivity contribution >= 4 is 11.8 Å². The van der Waals surface area contributed by atoms with Crippen molar-refractivity contribution in [3.05, 3.63) is 30.1 Å². The second kappa shape index (κ2) is 8.54. The van der Waals surface area contributed by atoms with Gasteiger partial charge in [-0.2, -0.15) is 0 Å². The standard InChI is InChI=1S/C14H22FNS/c1-3-16-12(2)7-4-5-10-17-14-9-6-8-13(15)11-14/h6,8-9,11-12,16H,3-5,7,10H2,1-2H3. The summed E-state index contributed by atoms with van der Waals surface area (Å²) in [5.74, 6) is 0.929. The molecule has 0 fully saturated rings. The summed E-state index contributed by atoms with van der Waals surface area (Å²) in [7, 11) is 0. The Balaban J connectivity index is 2.08. The Morgan fingerprint density at radius 1 is 1.35 bits per heavy atom. The molecule has 0 spiro atoms. The van der Waals surface area contributed by atoms with Gasteiger partial charge in [0.2, 0.25) is 0 Å². The minimum absolute atomic E-state index is 0.143. The second-order valence-electron chi connectivity index (χ2n) is 4.26. The summed E-state index contributed by atoms with van der Waals surface area (Å²) in [6.45, 7) is 5.40. The van der Waals surface area contributed by atoms with Crippen LogP contribution in [0.3, 0.4) is 0 Å². The van der Waals surface area contributed by atoms with Crippen molar-refractivity contribution in [3.63, 3.8) is 0 Å². The average molecular weight is 255 g/mol. The molecular weight excluding hydrogens is 233 g/mol. The maximum Gasteiger partial charge on any atom is 0.124 e. The predicted octanol–water partition coefficient (Wildman–Crippen LogP) is 4.09. The minimum Gasteiger partial charge on any atom is -0.315 e. The average Bonchev–Trinajstić information content (AvgIpc) is 2.29. The number of hydrogen-bond acceptors (Lipinski definition) is 2. The summed E-state index contributed by atoms with van der Waals surface area (Å²) < 4.78 is 12.9. The van der Waals surface area contributed by atoms with E-state index in [0.717, 1.165) is 17.2 Å². The Bertz CT molecular complexity index is 317. The first kappa shape index (κ1) is 14.5. The van der Waals surface area contributed by atoms with Gasteiger partial charge < -0.3 is 5.32 Å². The molecule has 17 heavy (non-hydrogen) atoms. The summed E-state index contributed by atoms with van der Waals surface area (Å²) in [4.78, 5) is 1.03. The van der Waals surface area contributed by atoms with Gasteiger partial charge in [0.25, 0.3) is 0 Å². The number of benzene rings is 1. The van der Waals surface area contributed by atoms with E-state index in [1.165, 1.54) is 25.3 Å². The van der Waals surface area contributed by atoms with Crippen LogP contribution in [0, 0.1) is 5.82 Å². The number of unbranched alkanes of at least 4 members (excludes halogenated alkanes) is 1. The lowest BCUT2D eigenvalue weighted by Crippen LogP contribution is -2.25. The van der Waals surface area contributed by atoms with Crippen LogP contribution < -0.4 is 5.32 Å². The molecule has 0 aliphatic carbocycles. The van der Waals surface area contributed by atoms with Crippen LogP contribution in [0.4, 0.5) is 4.39 Å². The topological polar surface area (TPSA) is 12.0 Å². The van der Waals surface area contributed by atoms with Crippen molar-refractivity contribution in [2.45, 2.75) is 44.0 Å².